The molecule has 2 nitrogen and oxygen atoms in total. The van der Waals surface area contributed by atoms with Gasteiger partial charge in [0.25, 0.3) is 5.91 Å². The van der Waals surface area contributed by atoms with Gasteiger partial charge >= 0.3 is 0 Å². The second-order valence-electron chi connectivity index (χ2n) is 7.71. The van der Waals surface area contributed by atoms with Crippen LogP contribution in [0.3, 0.4) is 0 Å². The Labute approximate surface area is 123 Å². The van der Waals surface area contributed by atoms with Crippen LogP contribution in [0.2, 0.25) is 0 Å². The molecule has 2 rings (SSSR count). The zero-order chi connectivity index (χ0) is 14.8. The Bertz CT molecular complexity index is 466. The van der Waals surface area contributed by atoms with Gasteiger partial charge in [-0.05, 0) is 48.1 Å². The second-order valence-corrected chi connectivity index (χ2v) is 7.71. The van der Waals surface area contributed by atoms with Crippen LogP contribution in [-0.4, -0.2) is 12.5 Å². The van der Waals surface area contributed by atoms with Crippen LogP contribution in [-0.2, 0) is 0 Å². The minimum Gasteiger partial charge on any atom is -0.351 e. The molecule has 1 amide bonds. The molecule has 0 radical (unpaired) electrons. The number of nitrogens with one attached hydrogen (secondary N) is 1. The Hall–Kier alpha value is -1.31. The molecule has 0 spiro atoms. The summed E-state index contributed by atoms with van der Waals surface area (Å²) in [5, 5.41) is 3.13. The SMILES string of the molecule is C[C@H]1CC(C)(C)C[C@@](C)(CNC(=O)c2ccccc2)C1. The van der Waals surface area contributed by atoms with Crippen molar-refractivity contribution in [3.8, 4) is 0 Å². The molecule has 1 aromatic rings. The number of amides is 1. The third-order valence-corrected chi connectivity index (χ3v) is 4.36. The summed E-state index contributed by atoms with van der Waals surface area (Å²) in [6.45, 7) is 10.1. The standard InChI is InChI=1S/C18H27NO/c1-14-10-17(2,3)12-18(4,11-14)13-19-16(20)15-8-6-5-7-9-15/h5-9,14H,10-13H2,1-4H3,(H,19,20)/t14-,18-/m0/s1. The van der Waals surface area contributed by atoms with Crippen LogP contribution in [0, 0.1) is 16.7 Å². The highest BCUT2D eigenvalue weighted by molar-refractivity contribution is 5.94. The molecular formula is C18H27NO. The monoisotopic (exact) mass is 273 g/mol. The molecule has 2 heteroatoms. The molecule has 1 aromatic carbocycles. The summed E-state index contributed by atoms with van der Waals surface area (Å²) in [5.74, 6) is 0.778. The minimum atomic E-state index is 0.0443. The Morgan fingerprint density at radius 1 is 1.20 bits per heavy atom. The largest absolute Gasteiger partial charge is 0.351 e. The van der Waals surface area contributed by atoms with Gasteiger partial charge in [-0.1, -0.05) is 45.9 Å². The number of rotatable bonds is 3. The van der Waals surface area contributed by atoms with Crippen molar-refractivity contribution in [1.82, 2.24) is 5.32 Å². The van der Waals surface area contributed by atoms with Crippen molar-refractivity contribution in [2.24, 2.45) is 16.7 Å². The molecule has 0 aliphatic heterocycles. The summed E-state index contributed by atoms with van der Waals surface area (Å²) in [4.78, 5) is 12.2. The van der Waals surface area contributed by atoms with Crippen molar-refractivity contribution in [3.05, 3.63) is 35.9 Å². The molecule has 1 saturated carbocycles. The van der Waals surface area contributed by atoms with Gasteiger partial charge in [0.15, 0.2) is 0 Å². The zero-order valence-electron chi connectivity index (χ0n) is 13.2. The van der Waals surface area contributed by atoms with Gasteiger partial charge in [-0.15, -0.1) is 0 Å². The van der Waals surface area contributed by atoms with Gasteiger partial charge in [0, 0.05) is 12.1 Å². The highest BCUT2D eigenvalue weighted by atomic mass is 16.1. The first-order chi connectivity index (χ1) is 9.30. The van der Waals surface area contributed by atoms with E-state index in [0.29, 0.717) is 5.41 Å². The van der Waals surface area contributed by atoms with Gasteiger partial charge in [0.2, 0.25) is 0 Å². The predicted molar refractivity (Wildman–Crippen MR) is 83.7 cm³/mol. The van der Waals surface area contributed by atoms with Gasteiger partial charge < -0.3 is 5.32 Å². The third kappa shape index (κ3) is 3.84. The zero-order valence-corrected chi connectivity index (χ0v) is 13.2. The summed E-state index contributed by atoms with van der Waals surface area (Å²) in [7, 11) is 0. The molecular weight excluding hydrogens is 246 g/mol. The van der Waals surface area contributed by atoms with Crippen molar-refractivity contribution in [3.63, 3.8) is 0 Å². The Morgan fingerprint density at radius 2 is 1.85 bits per heavy atom. The quantitative estimate of drug-likeness (QED) is 0.875. The lowest BCUT2D eigenvalue weighted by Crippen LogP contribution is -2.43. The molecule has 0 aromatic heterocycles. The molecule has 0 saturated heterocycles. The van der Waals surface area contributed by atoms with E-state index in [2.05, 4.69) is 33.0 Å². The first kappa shape index (κ1) is 15.1. The fourth-order valence-electron chi connectivity index (χ4n) is 4.28. The minimum absolute atomic E-state index is 0.0443. The van der Waals surface area contributed by atoms with E-state index in [9.17, 15) is 4.79 Å². The van der Waals surface area contributed by atoms with Gasteiger partial charge in [0.05, 0.1) is 0 Å². The topological polar surface area (TPSA) is 29.1 Å². The Balaban J connectivity index is 1.97. The Morgan fingerprint density at radius 3 is 2.45 bits per heavy atom. The average molecular weight is 273 g/mol. The average Bonchev–Trinajstić information content (AvgIpc) is 2.34. The van der Waals surface area contributed by atoms with E-state index in [1.54, 1.807) is 0 Å². The van der Waals surface area contributed by atoms with E-state index >= 15 is 0 Å². The maximum absolute atomic E-state index is 12.2. The molecule has 1 N–H and O–H groups in total. The van der Waals surface area contributed by atoms with Crippen molar-refractivity contribution >= 4 is 5.91 Å². The first-order valence-corrected chi connectivity index (χ1v) is 7.63. The first-order valence-electron chi connectivity index (χ1n) is 7.63. The van der Waals surface area contributed by atoms with E-state index in [0.717, 1.165) is 18.0 Å². The van der Waals surface area contributed by atoms with E-state index in [1.807, 2.05) is 30.3 Å². The van der Waals surface area contributed by atoms with Crippen LogP contribution in [0.5, 0.6) is 0 Å². The van der Waals surface area contributed by atoms with Crippen molar-refractivity contribution < 1.29 is 4.79 Å². The Kier molecular flexibility index (Phi) is 4.22. The number of hydrogen-bond acceptors (Lipinski definition) is 1. The van der Waals surface area contributed by atoms with Crippen LogP contribution >= 0.6 is 0 Å². The molecule has 1 aliphatic rings. The smallest absolute Gasteiger partial charge is 0.251 e. The van der Waals surface area contributed by atoms with Crippen LogP contribution in [0.4, 0.5) is 0 Å². The maximum atomic E-state index is 12.2. The second kappa shape index (κ2) is 5.59. The predicted octanol–water partition coefficient (Wildman–Crippen LogP) is 4.27. The molecule has 1 fully saturated rings. The maximum Gasteiger partial charge on any atom is 0.251 e. The highest BCUT2D eigenvalue weighted by Gasteiger charge is 2.39. The van der Waals surface area contributed by atoms with Crippen molar-refractivity contribution in [2.75, 3.05) is 6.54 Å². The lowest BCUT2D eigenvalue weighted by atomic mass is 9.61. The van der Waals surface area contributed by atoms with Gasteiger partial charge in [-0.25, -0.2) is 0 Å². The molecule has 1 aliphatic carbocycles. The van der Waals surface area contributed by atoms with Crippen LogP contribution < -0.4 is 5.32 Å². The summed E-state index contributed by atoms with van der Waals surface area (Å²) in [6.07, 6.45) is 3.67. The van der Waals surface area contributed by atoms with E-state index in [-0.39, 0.29) is 11.3 Å². The third-order valence-electron chi connectivity index (χ3n) is 4.36. The molecule has 20 heavy (non-hydrogen) atoms. The fraction of sp³-hybridized carbons (Fsp3) is 0.611. The van der Waals surface area contributed by atoms with E-state index < -0.39 is 0 Å². The number of carbonyl (C=O) groups excluding carboxylic acids is 1. The van der Waals surface area contributed by atoms with Gasteiger partial charge in [-0.3, -0.25) is 4.79 Å². The molecule has 0 unspecified atom stereocenters. The van der Waals surface area contributed by atoms with Crippen LogP contribution in [0.25, 0.3) is 0 Å². The van der Waals surface area contributed by atoms with E-state index in [1.165, 1.54) is 19.3 Å². The van der Waals surface area contributed by atoms with Crippen molar-refractivity contribution in [1.29, 1.82) is 0 Å². The summed E-state index contributed by atoms with van der Waals surface area (Å²) < 4.78 is 0. The van der Waals surface area contributed by atoms with E-state index in [4.69, 9.17) is 0 Å². The van der Waals surface area contributed by atoms with Crippen LogP contribution in [0.15, 0.2) is 30.3 Å². The summed E-state index contributed by atoms with van der Waals surface area (Å²) in [5.41, 5.74) is 1.34. The number of benzene rings is 1. The lowest BCUT2D eigenvalue weighted by molar-refractivity contribution is 0.0570. The molecule has 110 valence electrons. The van der Waals surface area contributed by atoms with Crippen molar-refractivity contribution in [2.45, 2.75) is 47.0 Å². The number of hydrogen-bond donors (Lipinski definition) is 1. The van der Waals surface area contributed by atoms with Gasteiger partial charge in [-0.2, -0.15) is 0 Å². The summed E-state index contributed by atoms with van der Waals surface area (Å²) >= 11 is 0. The highest BCUT2D eigenvalue weighted by Crippen LogP contribution is 2.48. The molecule has 2 atom stereocenters. The van der Waals surface area contributed by atoms with Gasteiger partial charge in [0.1, 0.15) is 0 Å². The lowest BCUT2D eigenvalue weighted by Gasteiger charge is -2.46. The van der Waals surface area contributed by atoms with Crippen LogP contribution in [0.1, 0.15) is 57.3 Å². The molecule has 0 bridgehead atoms. The number of carbonyl (C=O) groups is 1. The normalized spacial score (nSPS) is 28.9. The molecule has 0 heterocycles. The fourth-order valence-corrected chi connectivity index (χ4v) is 4.28. The summed E-state index contributed by atoms with van der Waals surface area (Å²) in [6, 6.07) is 9.48.